The zero-order valence-corrected chi connectivity index (χ0v) is 18.3. The molecule has 1 aromatic carbocycles. The van der Waals surface area contributed by atoms with Crippen LogP contribution in [-0.4, -0.2) is 46.8 Å². The second kappa shape index (κ2) is 8.62. The third-order valence-corrected chi connectivity index (χ3v) is 5.71. The van der Waals surface area contributed by atoms with E-state index in [2.05, 4.69) is 20.3 Å². The van der Waals surface area contributed by atoms with Crippen LogP contribution in [0.15, 0.2) is 24.3 Å². The zero-order valence-electron chi connectivity index (χ0n) is 17.5. The Balaban J connectivity index is 1.49. The van der Waals surface area contributed by atoms with Crippen molar-refractivity contribution in [1.82, 2.24) is 14.6 Å². The first-order chi connectivity index (χ1) is 14.4. The number of benzene rings is 1. The van der Waals surface area contributed by atoms with E-state index < -0.39 is 0 Å². The molecule has 1 saturated heterocycles. The van der Waals surface area contributed by atoms with Gasteiger partial charge in [0.1, 0.15) is 0 Å². The number of rotatable bonds is 5. The topological polar surface area (TPSA) is 71.8 Å². The lowest BCUT2D eigenvalue weighted by Crippen LogP contribution is -2.36. The largest absolute Gasteiger partial charge is 0.378 e. The fraction of sp³-hybridized carbons (Fsp3) is 0.409. The van der Waals surface area contributed by atoms with E-state index in [0.717, 1.165) is 52.8 Å². The Morgan fingerprint density at radius 3 is 2.73 bits per heavy atom. The number of ether oxygens (including phenoxy) is 1. The van der Waals surface area contributed by atoms with Gasteiger partial charge in [-0.25, -0.2) is 9.50 Å². The van der Waals surface area contributed by atoms with Gasteiger partial charge in [-0.3, -0.25) is 4.79 Å². The number of carbonyl (C=O) groups is 1. The van der Waals surface area contributed by atoms with E-state index in [1.165, 1.54) is 0 Å². The first kappa shape index (κ1) is 20.6. The van der Waals surface area contributed by atoms with Crippen molar-refractivity contribution in [2.75, 3.05) is 36.5 Å². The number of nitrogens with one attached hydrogen (secondary N) is 1. The summed E-state index contributed by atoms with van der Waals surface area (Å²) in [6.07, 6.45) is 0.947. The van der Waals surface area contributed by atoms with Gasteiger partial charge in [-0.05, 0) is 51.0 Å². The number of anilines is 2. The molecule has 1 N–H and O–H groups in total. The third kappa shape index (κ3) is 4.27. The lowest BCUT2D eigenvalue weighted by molar-refractivity contribution is -0.116. The Hall–Kier alpha value is -2.64. The molecule has 1 fully saturated rings. The fourth-order valence-electron chi connectivity index (χ4n) is 3.94. The standard InChI is InChI=1S/C22H26ClN5O2/c1-14-12-21-24-15(2)18(16(3)28(21)26-14)5-7-22(29)25-19-13-17(23)4-6-20(19)27-8-10-30-11-9-27/h4,6,12-13H,5,7-11H2,1-3H3,(H,25,29). The molecule has 0 unspecified atom stereocenters. The first-order valence-corrected chi connectivity index (χ1v) is 10.5. The van der Waals surface area contributed by atoms with E-state index in [0.29, 0.717) is 31.1 Å². The quantitative estimate of drug-likeness (QED) is 0.672. The molecule has 158 valence electrons. The molecule has 8 heteroatoms. The van der Waals surface area contributed by atoms with Crippen molar-refractivity contribution in [2.24, 2.45) is 0 Å². The summed E-state index contributed by atoms with van der Waals surface area (Å²) < 4.78 is 7.29. The highest BCUT2D eigenvalue weighted by atomic mass is 35.5. The van der Waals surface area contributed by atoms with Crippen LogP contribution in [0.1, 0.15) is 29.1 Å². The first-order valence-electron chi connectivity index (χ1n) is 10.2. The van der Waals surface area contributed by atoms with Crippen molar-refractivity contribution in [1.29, 1.82) is 0 Å². The van der Waals surface area contributed by atoms with Gasteiger partial charge in [-0.2, -0.15) is 5.10 Å². The SMILES string of the molecule is Cc1cc2nc(C)c(CCC(=O)Nc3cc(Cl)ccc3N3CCOCC3)c(C)n2n1. The molecule has 3 aromatic rings. The van der Waals surface area contributed by atoms with E-state index in [-0.39, 0.29) is 5.91 Å². The Morgan fingerprint density at radius 1 is 1.20 bits per heavy atom. The van der Waals surface area contributed by atoms with E-state index in [1.807, 2.05) is 43.5 Å². The molecule has 1 aliphatic heterocycles. The highest BCUT2D eigenvalue weighted by Crippen LogP contribution is 2.30. The van der Waals surface area contributed by atoms with Crippen LogP contribution < -0.4 is 10.2 Å². The zero-order chi connectivity index (χ0) is 21.3. The molecular weight excluding hydrogens is 402 g/mol. The molecule has 3 heterocycles. The van der Waals surface area contributed by atoms with Crippen molar-refractivity contribution in [3.05, 3.63) is 51.9 Å². The summed E-state index contributed by atoms with van der Waals surface area (Å²) in [4.78, 5) is 19.6. The van der Waals surface area contributed by atoms with Crippen LogP contribution >= 0.6 is 11.6 Å². The predicted octanol–water partition coefficient (Wildman–Crippen LogP) is 3.72. The van der Waals surface area contributed by atoms with Gasteiger partial charge in [0.15, 0.2) is 5.65 Å². The molecule has 0 spiro atoms. The van der Waals surface area contributed by atoms with Gasteiger partial charge in [0.25, 0.3) is 0 Å². The smallest absolute Gasteiger partial charge is 0.224 e. The maximum Gasteiger partial charge on any atom is 0.224 e. The van der Waals surface area contributed by atoms with Crippen molar-refractivity contribution >= 4 is 34.5 Å². The maximum absolute atomic E-state index is 12.8. The molecule has 0 aliphatic carbocycles. The number of morpholine rings is 1. The van der Waals surface area contributed by atoms with E-state index in [1.54, 1.807) is 6.07 Å². The van der Waals surface area contributed by atoms with E-state index in [4.69, 9.17) is 16.3 Å². The van der Waals surface area contributed by atoms with Crippen LogP contribution in [0.25, 0.3) is 5.65 Å². The van der Waals surface area contributed by atoms with Crippen molar-refractivity contribution in [3.8, 4) is 0 Å². The summed E-state index contributed by atoms with van der Waals surface area (Å²) >= 11 is 6.20. The highest BCUT2D eigenvalue weighted by molar-refractivity contribution is 6.31. The normalized spacial score (nSPS) is 14.3. The summed E-state index contributed by atoms with van der Waals surface area (Å²) in [5, 5.41) is 8.15. The second-order valence-electron chi connectivity index (χ2n) is 7.63. The van der Waals surface area contributed by atoms with Gasteiger partial charge in [0.2, 0.25) is 5.91 Å². The van der Waals surface area contributed by atoms with E-state index in [9.17, 15) is 4.79 Å². The molecule has 0 bridgehead atoms. The predicted molar refractivity (Wildman–Crippen MR) is 119 cm³/mol. The molecule has 7 nitrogen and oxygen atoms in total. The van der Waals surface area contributed by atoms with Crippen LogP contribution in [0.4, 0.5) is 11.4 Å². The molecule has 2 aromatic heterocycles. The highest BCUT2D eigenvalue weighted by Gasteiger charge is 2.18. The fourth-order valence-corrected chi connectivity index (χ4v) is 4.11. The molecule has 4 rings (SSSR count). The number of halogens is 1. The number of amides is 1. The van der Waals surface area contributed by atoms with Crippen LogP contribution in [0.2, 0.25) is 5.02 Å². The lowest BCUT2D eigenvalue weighted by atomic mass is 10.1. The second-order valence-corrected chi connectivity index (χ2v) is 8.06. The summed E-state index contributed by atoms with van der Waals surface area (Å²) in [5.74, 6) is -0.0534. The van der Waals surface area contributed by atoms with Gasteiger partial charge in [-0.15, -0.1) is 0 Å². The monoisotopic (exact) mass is 427 g/mol. The summed E-state index contributed by atoms with van der Waals surface area (Å²) in [5.41, 5.74) is 6.48. The molecular formula is C22H26ClN5O2. The molecule has 0 saturated carbocycles. The number of fused-ring (bicyclic) bond motifs is 1. The Bertz CT molecular complexity index is 1090. The Kier molecular flexibility index (Phi) is 5.92. The average Bonchev–Trinajstić information content (AvgIpc) is 3.09. The number of hydrogen-bond acceptors (Lipinski definition) is 5. The Labute approximate surface area is 181 Å². The average molecular weight is 428 g/mol. The number of aromatic nitrogens is 3. The van der Waals surface area contributed by atoms with Gasteiger partial charge in [0, 0.05) is 42.0 Å². The molecule has 1 aliphatic rings. The summed E-state index contributed by atoms with van der Waals surface area (Å²) in [6, 6.07) is 7.57. The maximum atomic E-state index is 12.8. The Morgan fingerprint density at radius 2 is 1.97 bits per heavy atom. The van der Waals surface area contributed by atoms with Crippen LogP contribution in [0.3, 0.4) is 0 Å². The lowest BCUT2D eigenvalue weighted by Gasteiger charge is -2.30. The minimum atomic E-state index is -0.0534. The van der Waals surface area contributed by atoms with Crippen LogP contribution in [0.5, 0.6) is 0 Å². The minimum absolute atomic E-state index is 0.0534. The molecule has 1 amide bonds. The minimum Gasteiger partial charge on any atom is -0.378 e. The molecule has 0 atom stereocenters. The van der Waals surface area contributed by atoms with Gasteiger partial charge in [0.05, 0.1) is 30.3 Å². The number of carbonyl (C=O) groups excluding carboxylic acids is 1. The molecule has 30 heavy (non-hydrogen) atoms. The third-order valence-electron chi connectivity index (χ3n) is 5.47. The van der Waals surface area contributed by atoms with Gasteiger partial charge >= 0.3 is 0 Å². The van der Waals surface area contributed by atoms with Crippen molar-refractivity contribution in [2.45, 2.75) is 33.6 Å². The number of nitrogens with zero attached hydrogens (tertiary/aromatic N) is 4. The van der Waals surface area contributed by atoms with Crippen LogP contribution in [-0.2, 0) is 16.0 Å². The van der Waals surface area contributed by atoms with Gasteiger partial charge < -0.3 is 15.0 Å². The summed E-state index contributed by atoms with van der Waals surface area (Å²) in [7, 11) is 0. The van der Waals surface area contributed by atoms with E-state index >= 15 is 0 Å². The van der Waals surface area contributed by atoms with Crippen molar-refractivity contribution in [3.63, 3.8) is 0 Å². The van der Waals surface area contributed by atoms with Gasteiger partial charge in [-0.1, -0.05) is 11.6 Å². The summed E-state index contributed by atoms with van der Waals surface area (Å²) in [6.45, 7) is 8.89. The number of hydrogen-bond donors (Lipinski definition) is 1. The molecule has 0 radical (unpaired) electrons. The van der Waals surface area contributed by atoms with Crippen LogP contribution in [0, 0.1) is 20.8 Å². The number of aryl methyl sites for hydroxylation is 3. The van der Waals surface area contributed by atoms with Crippen molar-refractivity contribution < 1.29 is 9.53 Å².